The third-order valence-corrected chi connectivity index (χ3v) is 4.03. The summed E-state index contributed by atoms with van der Waals surface area (Å²) in [7, 11) is 0. The van der Waals surface area contributed by atoms with Crippen molar-refractivity contribution < 1.29 is 14.4 Å². The Hall–Kier alpha value is -1.47. The van der Waals surface area contributed by atoms with Gasteiger partial charge in [0, 0.05) is 25.0 Å². The maximum absolute atomic E-state index is 10.7. The summed E-state index contributed by atoms with van der Waals surface area (Å²) in [5, 5.41) is 15.9. The molecule has 1 aliphatic heterocycles. The highest BCUT2D eigenvalue weighted by molar-refractivity contribution is 5.69. The van der Waals surface area contributed by atoms with Gasteiger partial charge in [0.05, 0.1) is 13.1 Å². The quantitative estimate of drug-likeness (QED) is 0.747. The highest BCUT2D eigenvalue weighted by Crippen LogP contribution is 2.22. The third kappa shape index (κ3) is 5.06. The van der Waals surface area contributed by atoms with Crippen LogP contribution in [0.3, 0.4) is 0 Å². The van der Waals surface area contributed by atoms with Gasteiger partial charge < -0.3 is 14.9 Å². The summed E-state index contributed by atoms with van der Waals surface area (Å²) in [5.41, 5.74) is -0.168. The maximum Gasteiger partial charge on any atom is 0.317 e. The number of aliphatic carboxylic acids is 1. The van der Waals surface area contributed by atoms with Crippen LogP contribution in [0.4, 0.5) is 0 Å². The van der Waals surface area contributed by atoms with Gasteiger partial charge in [-0.25, -0.2) is 0 Å². The van der Waals surface area contributed by atoms with E-state index in [9.17, 15) is 4.79 Å². The molecule has 2 rings (SSSR count). The number of carboxylic acid groups (broad SMARTS) is 1. The van der Waals surface area contributed by atoms with Crippen molar-refractivity contribution in [3.05, 3.63) is 11.7 Å². The summed E-state index contributed by atoms with van der Waals surface area (Å²) in [6.45, 7) is 8.70. The number of aryl methyl sites for hydroxylation is 1. The Morgan fingerprint density at radius 2 is 2.32 bits per heavy atom. The van der Waals surface area contributed by atoms with Gasteiger partial charge in [0.2, 0.25) is 5.89 Å². The number of likely N-dealkylation sites (tertiary alicyclic amines) is 1. The lowest BCUT2D eigenvalue weighted by atomic mass is 10.0. The molecule has 0 unspecified atom stereocenters. The highest BCUT2D eigenvalue weighted by atomic mass is 16.5. The van der Waals surface area contributed by atoms with Crippen molar-refractivity contribution in [2.24, 2.45) is 5.92 Å². The molecule has 0 bridgehead atoms. The predicted molar refractivity (Wildman–Crippen MR) is 81.4 cm³/mol. The molecule has 1 aliphatic rings. The molecule has 0 amide bonds. The zero-order valence-corrected chi connectivity index (χ0v) is 13.6. The van der Waals surface area contributed by atoms with E-state index in [1.165, 1.54) is 0 Å². The lowest BCUT2D eigenvalue weighted by molar-refractivity contribution is -0.136. The first-order valence-electron chi connectivity index (χ1n) is 7.87. The van der Waals surface area contributed by atoms with Crippen LogP contribution in [0, 0.1) is 5.92 Å². The first-order chi connectivity index (χ1) is 10.4. The van der Waals surface area contributed by atoms with Gasteiger partial charge in [-0.05, 0) is 25.7 Å². The topological polar surface area (TPSA) is 91.5 Å². The molecule has 0 aliphatic carbocycles. The Morgan fingerprint density at radius 1 is 1.55 bits per heavy atom. The fraction of sp³-hybridized carbons (Fsp3) is 0.800. The van der Waals surface area contributed by atoms with Gasteiger partial charge >= 0.3 is 5.97 Å². The summed E-state index contributed by atoms with van der Waals surface area (Å²) in [6.07, 6.45) is 2.81. The Balaban J connectivity index is 1.81. The molecule has 7 nitrogen and oxygen atoms in total. The van der Waals surface area contributed by atoms with Crippen molar-refractivity contribution in [2.75, 3.05) is 19.6 Å². The van der Waals surface area contributed by atoms with Crippen molar-refractivity contribution in [2.45, 2.75) is 52.1 Å². The molecule has 1 atom stereocenters. The monoisotopic (exact) mass is 310 g/mol. The minimum atomic E-state index is -0.827. The minimum Gasteiger partial charge on any atom is -0.480 e. The number of carbonyl (C=O) groups is 1. The number of rotatable bonds is 8. The van der Waals surface area contributed by atoms with E-state index in [1.54, 1.807) is 0 Å². The molecule has 1 aromatic rings. The van der Waals surface area contributed by atoms with E-state index >= 15 is 0 Å². The van der Waals surface area contributed by atoms with Crippen LogP contribution in [0.2, 0.25) is 0 Å². The molecule has 2 heterocycles. The molecule has 2 N–H and O–H groups in total. The van der Waals surface area contributed by atoms with Crippen molar-refractivity contribution in [1.29, 1.82) is 0 Å². The summed E-state index contributed by atoms with van der Waals surface area (Å²) in [4.78, 5) is 17.3. The standard InChI is InChI=1S/C15H26N4O3/c1-11(2)4-5-12-17-13(22-18-12)9-19-7-6-15(3,10-19)16-8-14(20)21/h11,16H,4-10H2,1-3H3,(H,20,21)/t15-/m1/s1. The number of nitrogens with one attached hydrogen (secondary N) is 1. The molecular formula is C15H26N4O3. The zero-order valence-electron chi connectivity index (χ0n) is 13.6. The van der Waals surface area contributed by atoms with E-state index in [-0.39, 0.29) is 12.1 Å². The number of aromatic nitrogens is 2. The summed E-state index contributed by atoms with van der Waals surface area (Å²) >= 11 is 0. The van der Waals surface area contributed by atoms with E-state index in [2.05, 4.69) is 41.1 Å². The van der Waals surface area contributed by atoms with Crippen molar-refractivity contribution in [3.63, 3.8) is 0 Å². The van der Waals surface area contributed by atoms with Crippen LogP contribution in [0.1, 0.15) is 45.3 Å². The maximum atomic E-state index is 10.7. The first-order valence-corrected chi connectivity index (χ1v) is 7.87. The van der Waals surface area contributed by atoms with Crippen LogP contribution in [0.25, 0.3) is 0 Å². The van der Waals surface area contributed by atoms with E-state index in [0.29, 0.717) is 18.4 Å². The zero-order chi connectivity index (χ0) is 16.2. The van der Waals surface area contributed by atoms with E-state index in [0.717, 1.165) is 38.2 Å². The fourth-order valence-corrected chi connectivity index (χ4v) is 2.69. The lowest BCUT2D eigenvalue weighted by Gasteiger charge is -2.25. The average Bonchev–Trinajstić information content (AvgIpc) is 3.03. The summed E-state index contributed by atoms with van der Waals surface area (Å²) in [6, 6.07) is 0. The normalized spacial score (nSPS) is 22.5. The Labute approximate surface area is 131 Å². The van der Waals surface area contributed by atoms with E-state index in [4.69, 9.17) is 9.63 Å². The minimum absolute atomic E-state index is 0.00967. The molecule has 124 valence electrons. The third-order valence-electron chi connectivity index (χ3n) is 4.03. The van der Waals surface area contributed by atoms with Crippen molar-refractivity contribution in [1.82, 2.24) is 20.4 Å². The Kier molecular flexibility index (Phi) is 5.52. The fourth-order valence-electron chi connectivity index (χ4n) is 2.69. The first kappa shape index (κ1) is 16.9. The van der Waals surface area contributed by atoms with Crippen molar-refractivity contribution >= 4 is 5.97 Å². The predicted octanol–water partition coefficient (Wildman–Crippen LogP) is 1.30. The van der Waals surface area contributed by atoms with Gasteiger partial charge in [-0.3, -0.25) is 9.69 Å². The van der Waals surface area contributed by atoms with Crippen LogP contribution >= 0.6 is 0 Å². The molecule has 1 fully saturated rings. The van der Waals surface area contributed by atoms with Gasteiger partial charge in [-0.2, -0.15) is 4.98 Å². The van der Waals surface area contributed by atoms with E-state index in [1.807, 2.05) is 0 Å². The number of hydrogen-bond acceptors (Lipinski definition) is 6. The van der Waals surface area contributed by atoms with Gasteiger partial charge in [-0.15, -0.1) is 0 Å². The molecule has 22 heavy (non-hydrogen) atoms. The summed E-state index contributed by atoms with van der Waals surface area (Å²) < 4.78 is 5.31. The van der Waals surface area contributed by atoms with Gasteiger partial charge in [0.1, 0.15) is 0 Å². The Morgan fingerprint density at radius 3 is 3.00 bits per heavy atom. The van der Waals surface area contributed by atoms with Crippen LogP contribution in [0.15, 0.2) is 4.52 Å². The highest BCUT2D eigenvalue weighted by Gasteiger charge is 2.34. The molecule has 0 aromatic carbocycles. The average molecular weight is 310 g/mol. The second-order valence-corrected chi connectivity index (χ2v) is 6.81. The SMILES string of the molecule is CC(C)CCc1noc(CN2CC[C@@](C)(NCC(=O)O)C2)n1. The second-order valence-electron chi connectivity index (χ2n) is 6.81. The number of hydrogen-bond donors (Lipinski definition) is 2. The van der Waals surface area contributed by atoms with Crippen LogP contribution in [-0.2, 0) is 17.8 Å². The van der Waals surface area contributed by atoms with Crippen LogP contribution < -0.4 is 5.32 Å². The molecule has 0 radical (unpaired) electrons. The van der Waals surface area contributed by atoms with Gasteiger partial charge in [0.25, 0.3) is 0 Å². The van der Waals surface area contributed by atoms with E-state index < -0.39 is 5.97 Å². The molecule has 7 heteroatoms. The van der Waals surface area contributed by atoms with Crippen LogP contribution in [-0.4, -0.2) is 51.3 Å². The molecular weight excluding hydrogens is 284 g/mol. The Bertz CT molecular complexity index is 503. The largest absolute Gasteiger partial charge is 0.480 e. The van der Waals surface area contributed by atoms with Crippen LogP contribution in [0.5, 0.6) is 0 Å². The van der Waals surface area contributed by atoms with Gasteiger partial charge in [0.15, 0.2) is 5.82 Å². The number of nitrogens with zero attached hydrogens (tertiary/aromatic N) is 3. The molecule has 0 saturated carbocycles. The molecule has 1 saturated heterocycles. The van der Waals surface area contributed by atoms with Crippen molar-refractivity contribution in [3.8, 4) is 0 Å². The summed E-state index contributed by atoms with van der Waals surface area (Å²) in [5.74, 6) is 1.21. The molecule has 1 aromatic heterocycles. The molecule has 0 spiro atoms. The number of carboxylic acids is 1. The smallest absolute Gasteiger partial charge is 0.317 e. The second kappa shape index (κ2) is 7.19. The van der Waals surface area contributed by atoms with Gasteiger partial charge in [-0.1, -0.05) is 19.0 Å². The lowest BCUT2D eigenvalue weighted by Crippen LogP contribution is -2.46.